The first kappa shape index (κ1) is 15.0. The van der Waals surface area contributed by atoms with E-state index < -0.39 is 0 Å². The minimum absolute atomic E-state index is 0.287. The second-order valence-electron chi connectivity index (χ2n) is 5.25. The number of rotatable bonds is 4. The van der Waals surface area contributed by atoms with Gasteiger partial charge in [-0.1, -0.05) is 20.8 Å². The van der Waals surface area contributed by atoms with Crippen LogP contribution in [0.4, 0.5) is 10.2 Å². The van der Waals surface area contributed by atoms with Crippen molar-refractivity contribution in [1.82, 2.24) is 9.55 Å². The second kappa shape index (κ2) is 5.95. The van der Waals surface area contributed by atoms with Gasteiger partial charge in [-0.25, -0.2) is 9.37 Å². The first-order valence-electron chi connectivity index (χ1n) is 6.74. The van der Waals surface area contributed by atoms with Crippen LogP contribution in [0, 0.1) is 11.7 Å². The summed E-state index contributed by atoms with van der Waals surface area (Å²) < 4.78 is 15.8. The highest BCUT2D eigenvalue weighted by molar-refractivity contribution is 9.10. The van der Waals surface area contributed by atoms with Crippen LogP contribution in [0.1, 0.15) is 26.6 Å². The van der Waals surface area contributed by atoms with E-state index in [2.05, 4.69) is 46.3 Å². The predicted molar refractivity (Wildman–Crippen MR) is 83.9 cm³/mol. The molecule has 5 heteroatoms. The van der Waals surface area contributed by atoms with Gasteiger partial charge in [0.2, 0.25) is 0 Å². The van der Waals surface area contributed by atoms with Crippen molar-refractivity contribution in [3.05, 3.63) is 34.3 Å². The molecule has 2 rings (SSSR count). The van der Waals surface area contributed by atoms with E-state index in [1.165, 1.54) is 6.07 Å². The summed E-state index contributed by atoms with van der Waals surface area (Å²) in [5, 5.41) is 0. The summed E-state index contributed by atoms with van der Waals surface area (Å²) in [6, 6.07) is 4.84. The molecule has 0 saturated carbocycles. The van der Waals surface area contributed by atoms with Crippen molar-refractivity contribution < 1.29 is 4.39 Å². The van der Waals surface area contributed by atoms with Gasteiger partial charge in [-0.3, -0.25) is 0 Å². The average Bonchev–Trinajstić information content (AvgIpc) is 2.70. The highest BCUT2D eigenvalue weighted by Gasteiger charge is 2.16. The molecule has 0 radical (unpaired) electrons. The number of hydrogen-bond acceptors (Lipinski definition) is 2. The zero-order chi connectivity index (χ0) is 14.9. The Morgan fingerprint density at radius 1 is 1.40 bits per heavy atom. The first-order chi connectivity index (χ1) is 9.43. The van der Waals surface area contributed by atoms with Gasteiger partial charge in [0.25, 0.3) is 0 Å². The molecule has 1 aromatic carbocycles. The Morgan fingerprint density at radius 3 is 2.65 bits per heavy atom. The third-order valence-corrected chi connectivity index (χ3v) is 3.75. The van der Waals surface area contributed by atoms with Crippen LogP contribution in [-0.4, -0.2) is 9.55 Å². The SMILES string of the molecule is CCc1nc(-c2ccc(F)c(Br)c2)c(N)n1CC(C)C. The molecule has 1 aromatic heterocycles. The Balaban J connectivity index is 2.51. The maximum atomic E-state index is 13.3. The summed E-state index contributed by atoms with van der Waals surface area (Å²) in [6.45, 7) is 7.19. The molecule has 0 fully saturated rings. The lowest BCUT2D eigenvalue weighted by Crippen LogP contribution is -2.10. The fraction of sp³-hybridized carbons (Fsp3) is 0.400. The zero-order valence-corrected chi connectivity index (χ0v) is 13.5. The molecule has 0 bridgehead atoms. The Morgan fingerprint density at radius 2 is 2.10 bits per heavy atom. The Labute approximate surface area is 127 Å². The normalized spacial score (nSPS) is 11.3. The molecule has 0 aliphatic rings. The quantitative estimate of drug-likeness (QED) is 0.904. The third kappa shape index (κ3) is 2.87. The number of hydrogen-bond donors (Lipinski definition) is 1. The molecule has 20 heavy (non-hydrogen) atoms. The standard InChI is InChI=1S/C15H19BrFN3/c1-4-13-19-14(15(18)20(13)8-9(2)3)10-5-6-12(17)11(16)7-10/h5-7,9H,4,8,18H2,1-3H3. The molecule has 3 nitrogen and oxygen atoms in total. The zero-order valence-electron chi connectivity index (χ0n) is 12.0. The van der Waals surface area contributed by atoms with Crippen molar-refractivity contribution in [3.63, 3.8) is 0 Å². The molecular formula is C15H19BrFN3. The van der Waals surface area contributed by atoms with Gasteiger partial charge in [0.15, 0.2) is 0 Å². The molecule has 2 N–H and O–H groups in total. The molecule has 0 saturated heterocycles. The van der Waals surface area contributed by atoms with Gasteiger partial charge in [0, 0.05) is 18.5 Å². The topological polar surface area (TPSA) is 43.8 Å². The maximum absolute atomic E-state index is 13.3. The van der Waals surface area contributed by atoms with Crippen LogP contribution in [0.2, 0.25) is 0 Å². The van der Waals surface area contributed by atoms with Crippen LogP contribution in [0.25, 0.3) is 11.3 Å². The molecule has 108 valence electrons. The Bertz CT molecular complexity index is 620. The minimum atomic E-state index is -0.287. The van der Waals surface area contributed by atoms with Gasteiger partial charge in [-0.15, -0.1) is 0 Å². The molecule has 0 amide bonds. The molecule has 2 aromatic rings. The maximum Gasteiger partial charge on any atom is 0.137 e. The highest BCUT2D eigenvalue weighted by atomic mass is 79.9. The summed E-state index contributed by atoms with van der Waals surface area (Å²) in [5.74, 6) is 1.81. The van der Waals surface area contributed by atoms with E-state index in [-0.39, 0.29) is 5.82 Å². The largest absolute Gasteiger partial charge is 0.383 e. The van der Waals surface area contributed by atoms with Gasteiger partial charge >= 0.3 is 0 Å². The minimum Gasteiger partial charge on any atom is -0.383 e. The van der Waals surface area contributed by atoms with E-state index in [0.29, 0.717) is 16.2 Å². The molecule has 0 aliphatic heterocycles. The number of anilines is 1. The van der Waals surface area contributed by atoms with Gasteiger partial charge in [-0.2, -0.15) is 0 Å². The first-order valence-corrected chi connectivity index (χ1v) is 7.53. The average molecular weight is 340 g/mol. The fourth-order valence-corrected chi connectivity index (χ4v) is 2.59. The van der Waals surface area contributed by atoms with Gasteiger partial charge in [0.05, 0.1) is 4.47 Å². The second-order valence-corrected chi connectivity index (χ2v) is 6.10. The monoisotopic (exact) mass is 339 g/mol. The van der Waals surface area contributed by atoms with Gasteiger partial charge in [-0.05, 0) is 40.0 Å². The van der Waals surface area contributed by atoms with Crippen LogP contribution in [0.15, 0.2) is 22.7 Å². The van der Waals surface area contributed by atoms with Gasteiger partial charge in [0.1, 0.15) is 23.2 Å². The summed E-state index contributed by atoms with van der Waals surface area (Å²) in [6.07, 6.45) is 0.819. The van der Waals surface area contributed by atoms with E-state index in [1.807, 2.05) is 0 Å². The number of aryl methyl sites for hydroxylation is 1. The molecular weight excluding hydrogens is 321 g/mol. The van der Waals surface area contributed by atoms with Crippen LogP contribution in [-0.2, 0) is 13.0 Å². The fourth-order valence-electron chi connectivity index (χ4n) is 2.21. The van der Waals surface area contributed by atoms with Crippen LogP contribution in [0.5, 0.6) is 0 Å². The van der Waals surface area contributed by atoms with E-state index >= 15 is 0 Å². The number of aromatic nitrogens is 2. The van der Waals surface area contributed by atoms with Crippen LogP contribution in [0.3, 0.4) is 0 Å². The van der Waals surface area contributed by atoms with Crippen molar-refractivity contribution in [3.8, 4) is 11.3 Å². The van der Waals surface area contributed by atoms with Crippen molar-refractivity contribution >= 4 is 21.7 Å². The van der Waals surface area contributed by atoms with E-state index in [4.69, 9.17) is 5.73 Å². The van der Waals surface area contributed by atoms with Crippen LogP contribution < -0.4 is 5.73 Å². The van der Waals surface area contributed by atoms with Crippen molar-refractivity contribution in [2.75, 3.05) is 5.73 Å². The molecule has 0 unspecified atom stereocenters. The summed E-state index contributed by atoms with van der Waals surface area (Å²) in [7, 11) is 0. The van der Waals surface area contributed by atoms with Crippen molar-refractivity contribution in [2.24, 2.45) is 5.92 Å². The Kier molecular flexibility index (Phi) is 4.48. The number of imidazole rings is 1. The summed E-state index contributed by atoms with van der Waals surface area (Å²) in [4.78, 5) is 4.62. The number of halogens is 2. The van der Waals surface area contributed by atoms with E-state index in [0.717, 1.165) is 30.0 Å². The molecule has 0 atom stereocenters. The lowest BCUT2D eigenvalue weighted by molar-refractivity contribution is 0.513. The molecule has 1 heterocycles. The molecule has 0 aliphatic carbocycles. The number of nitrogen functional groups attached to an aromatic ring is 1. The Hall–Kier alpha value is -1.36. The van der Waals surface area contributed by atoms with E-state index in [1.54, 1.807) is 12.1 Å². The number of nitrogens with zero attached hydrogens (tertiary/aromatic N) is 2. The molecule has 0 spiro atoms. The lowest BCUT2D eigenvalue weighted by atomic mass is 10.1. The van der Waals surface area contributed by atoms with Gasteiger partial charge < -0.3 is 10.3 Å². The highest BCUT2D eigenvalue weighted by Crippen LogP contribution is 2.30. The van der Waals surface area contributed by atoms with E-state index in [9.17, 15) is 4.39 Å². The predicted octanol–water partition coefficient (Wildman–Crippen LogP) is 4.25. The van der Waals surface area contributed by atoms with Crippen LogP contribution >= 0.6 is 15.9 Å². The van der Waals surface area contributed by atoms with Crippen molar-refractivity contribution in [1.29, 1.82) is 0 Å². The smallest absolute Gasteiger partial charge is 0.137 e. The summed E-state index contributed by atoms with van der Waals surface area (Å²) in [5.41, 5.74) is 7.79. The number of nitrogens with two attached hydrogens (primary N) is 1. The third-order valence-electron chi connectivity index (χ3n) is 3.14. The number of benzene rings is 1. The summed E-state index contributed by atoms with van der Waals surface area (Å²) >= 11 is 3.20. The van der Waals surface area contributed by atoms with Crippen molar-refractivity contribution in [2.45, 2.75) is 33.7 Å². The lowest BCUT2D eigenvalue weighted by Gasteiger charge is -2.11.